The Morgan fingerprint density at radius 2 is 2.21 bits per heavy atom. The van der Waals surface area contributed by atoms with Crippen LogP contribution in [0.15, 0.2) is 47.7 Å². The van der Waals surface area contributed by atoms with Crippen molar-refractivity contribution in [2.45, 2.75) is 32.9 Å². The third kappa shape index (κ3) is 5.81. The summed E-state index contributed by atoms with van der Waals surface area (Å²) in [5.74, 6) is 0.796. The van der Waals surface area contributed by atoms with E-state index in [0.29, 0.717) is 13.2 Å². The van der Waals surface area contributed by atoms with Crippen molar-refractivity contribution in [2.75, 3.05) is 32.9 Å². The van der Waals surface area contributed by atoms with Gasteiger partial charge in [0, 0.05) is 44.1 Å². The zero-order chi connectivity index (χ0) is 19.7. The first-order valence-corrected chi connectivity index (χ1v) is 9.99. The Bertz CT molecular complexity index is 739. The quantitative estimate of drug-likeness (QED) is 0.453. The fourth-order valence-corrected chi connectivity index (χ4v) is 3.50. The molecule has 0 aliphatic carbocycles. The monoisotopic (exact) mass is 385 g/mol. The van der Waals surface area contributed by atoms with Crippen LogP contribution in [0.4, 0.5) is 0 Å². The molecule has 1 aromatic carbocycles. The van der Waals surface area contributed by atoms with Crippen LogP contribution in [0.3, 0.4) is 0 Å². The number of nitrogens with zero attached hydrogens (tertiary/aromatic N) is 3. The fraction of sp³-hybridized carbons (Fsp3) is 0.524. The molecule has 1 aliphatic rings. The van der Waals surface area contributed by atoms with Gasteiger partial charge in [0.2, 0.25) is 0 Å². The van der Waals surface area contributed by atoms with Gasteiger partial charge in [-0.25, -0.2) is 4.99 Å². The van der Waals surface area contributed by atoms with Crippen molar-refractivity contribution < 1.29 is 9.84 Å². The molecule has 7 nitrogen and oxygen atoms in total. The van der Waals surface area contributed by atoms with Crippen LogP contribution in [0.25, 0.3) is 0 Å². The lowest BCUT2D eigenvalue weighted by molar-refractivity contribution is 0.127. The van der Waals surface area contributed by atoms with Crippen molar-refractivity contribution in [2.24, 2.45) is 10.4 Å². The van der Waals surface area contributed by atoms with E-state index in [0.717, 1.165) is 50.6 Å². The van der Waals surface area contributed by atoms with Crippen LogP contribution in [-0.4, -0.2) is 53.8 Å². The Morgan fingerprint density at radius 1 is 1.32 bits per heavy atom. The maximum atomic E-state index is 9.40. The highest BCUT2D eigenvalue weighted by molar-refractivity contribution is 5.79. The van der Waals surface area contributed by atoms with E-state index in [4.69, 9.17) is 9.73 Å². The number of aromatic nitrogens is 2. The molecular formula is C21H31N5O2. The summed E-state index contributed by atoms with van der Waals surface area (Å²) in [5, 5.41) is 20.4. The van der Waals surface area contributed by atoms with Gasteiger partial charge in [0.15, 0.2) is 5.96 Å². The second-order valence-corrected chi connectivity index (χ2v) is 7.35. The summed E-state index contributed by atoms with van der Waals surface area (Å²) in [6.45, 7) is 6.60. The molecule has 1 saturated heterocycles. The third-order valence-corrected chi connectivity index (χ3v) is 5.12. The van der Waals surface area contributed by atoms with Gasteiger partial charge in [-0.15, -0.1) is 0 Å². The van der Waals surface area contributed by atoms with E-state index in [-0.39, 0.29) is 12.0 Å². The molecule has 2 aromatic rings. The smallest absolute Gasteiger partial charge is 0.191 e. The largest absolute Gasteiger partial charge is 0.396 e. The minimum atomic E-state index is -0.00534. The number of hydrogen-bond acceptors (Lipinski definition) is 4. The number of benzene rings is 1. The first kappa shape index (κ1) is 20.4. The first-order valence-electron chi connectivity index (χ1n) is 9.99. The Labute approximate surface area is 166 Å². The minimum Gasteiger partial charge on any atom is -0.396 e. The minimum absolute atomic E-state index is 0.00534. The Morgan fingerprint density at radius 3 is 2.93 bits per heavy atom. The van der Waals surface area contributed by atoms with E-state index >= 15 is 0 Å². The molecular weight excluding hydrogens is 354 g/mol. The number of aliphatic hydroxyl groups is 1. The first-order chi connectivity index (χ1) is 13.7. The predicted octanol–water partition coefficient (Wildman–Crippen LogP) is 1.78. The lowest BCUT2D eigenvalue weighted by atomic mass is 9.84. The van der Waals surface area contributed by atoms with Crippen LogP contribution in [0.5, 0.6) is 0 Å². The Hall–Kier alpha value is -2.38. The van der Waals surface area contributed by atoms with E-state index in [1.807, 2.05) is 16.9 Å². The number of hydrogen-bond donors (Lipinski definition) is 3. The Kier molecular flexibility index (Phi) is 7.45. The second kappa shape index (κ2) is 10.2. The van der Waals surface area contributed by atoms with Crippen LogP contribution in [0, 0.1) is 5.41 Å². The van der Waals surface area contributed by atoms with Gasteiger partial charge in [0.1, 0.15) is 0 Å². The molecule has 3 rings (SSSR count). The highest BCUT2D eigenvalue weighted by Gasteiger charge is 2.34. The van der Waals surface area contributed by atoms with E-state index in [1.54, 1.807) is 6.20 Å². The zero-order valence-corrected chi connectivity index (χ0v) is 16.6. The van der Waals surface area contributed by atoms with Gasteiger partial charge in [0.25, 0.3) is 0 Å². The van der Waals surface area contributed by atoms with Gasteiger partial charge in [0.05, 0.1) is 19.7 Å². The number of aliphatic imine (C=N–C) groups is 1. The van der Waals surface area contributed by atoms with Crippen LogP contribution < -0.4 is 10.6 Å². The number of nitrogens with one attached hydrogen (secondary N) is 2. The molecule has 2 heterocycles. The molecule has 3 N–H and O–H groups in total. The van der Waals surface area contributed by atoms with Gasteiger partial charge >= 0.3 is 0 Å². The van der Waals surface area contributed by atoms with E-state index in [1.165, 1.54) is 5.56 Å². The molecule has 7 heteroatoms. The second-order valence-electron chi connectivity index (χ2n) is 7.35. The summed E-state index contributed by atoms with van der Waals surface area (Å²) in [6, 6.07) is 10.4. The molecule has 0 spiro atoms. The van der Waals surface area contributed by atoms with Gasteiger partial charge in [-0.3, -0.25) is 4.68 Å². The van der Waals surface area contributed by atoms with Crippen molar-refractivity contribution in [3.8, 4) is 0 Å². The molecule has 0 amide bonds. The summed E-state index contributed by atoms with van der Waals surface area (Å²) in [5.41, 5.74) is 2.37. The average Bonchev–Trinajstić information content (AvgIpc) is 3.37. The van der Waals surface area contributed by atoms with Gasteiger partial charge < -0.3 is 20.5 Å². The SMILES string of the molecule is CCNC(=NCc1cccc(Cn2cccn2)c1)NCC1(CCO)CCOC1. The maximum Gasteiger partial charge on any atom is 0.191 e. The van der Waals surface area contributed by atoms with Gasteiger partial charge in [-0.05, 0) is 37.0 Å². The van der Waals surface area contributed by atoms with Crippen molar-refractivity contribution in [3.63, 3.8) is 0 Å². The Balaban J connectivity index is 1.60. The topological polar surface area (TPSA) is 83.7 Å². The molecule has 28 heavy (non-hydrogen) atoms. The predicted molar refractivity (Wildman–Crippen MR) is 110 cm³/mol. The highest BCUT2D eigenvalue weighted by Crippen LogP contribution is 2.31. The van der Waals surface area contributed by atoms with E-state index < -0.39 is 0 Å². The molecule has 1 atom stereocenters. The lowest BCUT2D eigenvalue weighted by Gasteiger charge is -2.27. The van der Waals surface area contributed by atoms with E-state index in [2.05, 4.69) is 46.9 Å². The molecule has 152 valence electrons. The van der Waals surface area contributed by atoms with Crippen LogP contribution in [-0.2, 0) is 17.8 Å². The standard InChI is InChI=1S/C21H31N5O2/c1-2-22-20(24-16-21(7-11-27)8-12-28-17-21)23-14-18-5-3-6-19(13-18)15-26-10-4-9-25-26/h3-6,9-10,13,27H,2,7-8,11-12,14-17H2,1H3,(H2,22,23,24). The number of guanidine groups is 1. The zero-order valence-electron chi connectivity index (χ0n) is 16.6. The van der Waals surface area contributed by atoms with E-state index in [9.17, 15) is 5.11 Å². The molecule has 0 saturated carbocycles. The van der Waals surface area contributed by atoms with Crippen molar-refractivity contribution >= 4 is 5.96 Å². The molecule has 0 radical (unpaired) electrons. The van der Waals surface area contributed by atoms with Gasteiger partial charge in [-0.1, -0.05) is 24.3 Å². The summed E-state index contributed by atoms with van der Waals surface area (Å²) in [6.07, 6.45) is 5.47. The van der Waals surface area contributed by atoms with Crippen molar-refractivity contribution in [1.82, 2.24) is 20.4 Å². The molecule has 1 fully saturated rings. The highest BCUT2D eigenvalue weighted by atomic mass is 16.5. The van der Waals surface area contributed by atoms with Crippen LogP contribution in [0.2, 0.25) is 0 Å². The third-order valence-electron chi connectivity index (χ3n) is 5.12. The molecule has 0 bridgehead atoms. The summed E-state index contributed by atoms with van der Waals surface area (Å²) in [7, 11) is 0. The summed E-state index contributed by atoms with van der Waals surface area (Å²) in [4.78, 5) is 4.74. The molecule has 1 aromatic heterocycles. The number of rotatable bonds is 9. The molecule has 1 aliphatic heterocycles. The normalized spacial score (nSPS) is 19.7. The van der Waals surface area contributed by atoms with Crippen molar-refractivity contribution in [3.05, 3.63) is 53.9 Å². The number of aliphatic hydroxyl groups excluding tert-OH is 1. The average molecular weight is 386 g/mol. The molecule has 1 unspecified atom stereocenters. The van der Waals surface area contributed by atoms with Crippen LogP contribution in [0.1, 0.15) is 30.9 Å². The van der Waals surface area contributed by atoms with Gasteiger partial charge in [-0.2, -0.15) is 5.10 Å². The van der Waals surface area contributed by atoms with Crippen molar-refractivity contribution in [1.29, 1.82) is 0 Å². The summed E-state index contributed by atoms with van der Waals surface area (Å²) < 4.78 is 7.49. The maximum absolute atomic E-state index is 9.40. The van der Waals surface area contributed by atoms with Crippen LogP contribution >= 0.6 is 0 Å². The lowest BCUT2D eigenvalue weighted by Crippen LogP contribution is -2.44. The number of ether oxygens (including phenoxy) is 1. The summed E-state index contributed by atoms with van der Waals surface area (Å²) >= 11 is 0. The fourth-order valence-electron chi connectivity index (χ4n) is 3.50.